The molecule has 0 fully saturated rings. The number of ether oxygens (including phenoxy) is 1. The van der Waals surface area contributed by atoms with Crippen LogP contribution in [-0.2, 0) is 27.2 Å². The molecule has 0 heterocycles. The Morgan fingerprint density at radius 3 is 2.67 bits per heavy atom. The van der Waals surface area contributed by atoms with Gasteiger partial charge >= 0.3 is 5.97 Å². The second kappa shape index (κ2) is 7.54. The number of alkyl halides is 1. The van der Waals surface area contributed by atoms with Crippen LogP contribution in [0, 0.1) is 0 Å². The summed E-state index contributed by atoms with van der Waals surface area (Å²) < 4.78 is 5.72. The SMILES string of the molecule is CCOC(=O)Cc1ccc(Br)c(CC(=O)CCl)c1. The Labute approximate surface area is 120 Å². The Hall–Kier alpha value is -0.870. The van der Waals surface area contributed by atoms with Crippen molar-refractivity contribution in [2.45, 2.75) is 19.8 Å². The monoisotopic (exact) mass is 332 g/mol. The molecule has 1 rings (SSSR count). The third-order valence-electron chi connectivity index (χ3n) is 2.30. The van der Waals surface area contributed by atoms with Gasteiger partial charge in [0.05, 0.1) is 18.9 Å². The Morgan fingerprint density at radius 1 is 1.33 bits per heavy atom. The Bertz CT molecular complexity index is 446. The minimum absolute atomic E-state index is 0.00541. The Kier molecular flexibility index (Phi) is 6.36. The highest BCUT2D eigenvalue weighted by molar-refractivity contribution is 9.10. The van der Waals surface area contributed by atoms with Crippen molar-refractivity contribution in [1.29, 1.82) is 0 Å². The second-order valence-corrected chi connectivity index (χ2v) is 4.88. The first-order valence-corrected chi connectivity index (χ1v) is 6.90. The number of Topliss-reactive ketones (excluding diaryl/α,β-unsaturated/α-hetero) is 1. The van der Waals surface area contributed by atoms with Gasteiger partial charge in [0.2, 0.25) is 0 Å². The molecule has 0 aliphatic rings. The molecule has 0 amide bonds. The summed E-state index contributed by atoms with van der Waals surface area (Å²) in [4.78, 5) is 22.7. The fourth-order valence-corrected chi connectivity index (χ4v) is 1.99. The summed E-state index contributed by atoms with van der Waals surface area (Å²) in [6.45, 7) is 2.14. The van der Waals surface area contributed by atoms with Crippen molar-refractivity contribution in [1.82, 2.24) is 0 Å². The number of rotatable bonds is 6. The van der Waals surface area contributed by atoms with E-state index < -0.39 is 0 Å². The lowest BCUT2D eigenvalue weighted by Crippen LogP contribution is -2.09. The third-order valence-corrected chi connectivity index (χ3v) is 3.37. The lowest BCUT2D eigenvalue weighted by atomic mass is 10.0. The van der Waals surface area contributed by atoms with E-state index in [-0.39, 0.29) is 30.5 Å². The number of benzene rings is 1. The van der Waals surface area contributed by atoms with Crippen LogP contribution in [0.1, 0.15) is 18.1 Å². The van der Waals surface area contributed by atoms with E-state index >= 15 is 0 Å². The maximum absolute atomic E-state index is 11.4. The molecule has 0 saturated heterocycles. The average molecular weight is 334 g/mol. The lowest BCUT2D eigenvalue weighted by Gasteiger charge is -2.07. The van der Waals surface area contributed by atoms with Crippen molar-refractivity contribution in [2.75, 3.05) is 12.5 Å². The van der Waals surface area contributed by atoms with E-state index in [0.717, 1.165) is 15.6 Å². The summed E-state index contributed by atoms with van der Waals surface area (Å²) in [5, 5.41) is 0. The molecular formula is C13H14BrClO3. The van der Waals surface area contributed by atoms with Crippen LogP contribution in [0.25, 0.3) is 0 Å². The van der Waals surface area contributed by atoms with Crippen molar-refractivity contribution >= 4 is 39.3 Å². The number of carbonyl (C=O) groups is 2. The summed E-state index contributed by atoms with van der Waals surface area (Å²) in [6.07, 6.45) is 0.476. The largest absolute Gasteiger partial charge is 0.466 e. The van der Waals surface area contributed by atoms with E-state index in [4.69, 9.17) is 16.3 Å². The summed E-state index contributed by atoms with van der Waals surface area (Å²) >= 11 is 8.85. The quantitative estimate of drug-likeness (QED) is 0.594. The van der Waals surface area contributed by atoms with Gasteiger partial charge in [-0.25, -0.2) is 0 Å². The van der Waals surface area contributed by atoms with E-state index in [9.17, 15) is 9.59 Å². The van der Waals surface area contributed by atoms with Crippen LogP contribution in [0.5, 0.6) is 0 Å². The normalized spacial score (nSPS) is 10.2. The minimum atomic E-state index is -0.269. The van der Waals surface area contributed by atoms with Gasteiger partial charge in [-0.2, -0.15) is 0 Å². The van der Waals surface area contributed by atoms with E-state index in [2.05, 4.69) is 15.9 Å². The number of hydrogen-bond acceptors (Lipinski definition) is 3. The fraction of sp³-hybridized carbons (Fsp3) is 0.385. The van der Waals surface area contributed by atoms with Crippen molar-refractivity contribution in [3.63, 3.8) is 0 Å². The van der Waals surface area contributed by atoms with Crippen molar-refractivity contribution in [2.24, 2.45) is 0 Å². The number of ketones is 1. The zero-order valence-electron chi connectivity index (χ0n) is 10.0. The molecule has 98 valence electrons. The Balaban J connectivity index is 2.80. The smallest absolute Gasteiger partial charge is 0.310 e. The first kappa shape index (κ1) is 15.2. The van der Waals surface area contributed by atoms with Crippen LogP contribution < -0.4 is 0 Å². The van der Waals surface area contributed by atoms with Gasteiger partial charge in [0.15, 0.2) is 5.78 Å². The highest BCUT2D eigenvalue weighted by Crippen LogP contribution is 2.20. The van der Waals surface area contributed by atoms with Gasteiger partial charge in [0, 0.05) is 10.9 Å². The van der Waals surface area contributed by atoms with E-state index in [0.29, 0.717) is 6.61 Å². The van der Waals surface area contributed by atoms with Crippen molar-refractivity contribution in [3.05, 3.63) is 33.8 Å². The van der Waals surface area contributed by atoms with Gasteiger partial charge in [0.25, 0.3) is 0 Å². The number of hydrogen-bond donors (Lipinski definition) is 0. The topological polar surface area (TPSA) is 43.4 Å². The molecule has 0 spiro atoms. The molecule has 0 aliphatic carbocycles. The molecule has 0 saturated carbocycles. The van der Waals surface area contributed by atoms with Crippen molar-refractivity contribution in [3.8, 4) is 0 Å². The van der Waals surface area contributed by atoms with Crippen molar-refractivity contribution < 1.29 is 14.3 Å². The maximum Gasteiger partial charge on any atom is 0.310 e. The maximum atomic E-state index is 11.4. The molecule has 3 nitrogen and oxygen atoms in total. The van der Waals surface area contributed by atoms with Crippen LogP contribution in [0.4, 0.5) is 0 Å². The number of esters is 1. The van der Waals surface area contributed by atoms with Gasteiger partial charge in [-0.3, -0.25) is 9.59 Å². The predicted molar refractivity (Wildman–Crippen MR) is 73.9 cm³/mol. The van der Waals surface area contributed by atoms with E-state index in [1.165, 1.54) is 0 Å². The van der Waals surface area contributed by atoms with Crippen LogP contribution in [-0.4, -0.2) is 24.2 Å². The summed E-state index contributed by atoms with van der Waals surface area (Å²) in [6, 6.07) is 5.48. The first-order chi connectivity index (χ1) is 8.56. The molecule has 1 aromatic carbocycles. The molecule has 0 unspecified atom stereocenters. The fourth-order valence-electron chi connectivity index (χ4n) is 1.51. The van der Waals surface area contributed by atoms with Crippen LogP contribution >= 0.6 is 27.5 Å². The molecule has 1 aromatic rings. The van der Waals surface area contributed by atoms with E-state index in [1.807, 2.05) is 18.2 Å². The minimum Gasteiger partial charge on any atom is -0.466 e. The van der Waals surface area contributed by atoms with Gasteiger partial charge < -0.3 is 4.74 Å². The molecule has 0 bridgehead atoms. The van der Waals surface area contributed by atoms with Crippen LogP contribution in [0.2, 0.25) is 0 Å². The second-order valence-electron chi connectivity index (χ2n) is 3.76. The van der Waals surface area contributed by atoms with E-state index in [1.54, 1.807) is 6.92 Å². The average Bonchev–Trinajstić information content (AvgIpc) is 2.33. The lowest BCUT2D eigenvalue weighted by molar-refractivity contribution is -0.142. The molecule has 0 aromatic heterocycles. The molecule has 18 heavy (non-hydrogen) atoms. The molecule has 0 radical (unpaired) electrons. The van der Waals surface area contributed by atoms with Gasteiger partial charge in [-0.15, -0.1) is 11.6 Å². The van der Waals surface area contributed by atoms with Crippen LogP contribution in [0.3, 0.4) is 0 Å². The number of halogens is 2. The van der Waals surface area contributed by atoms with Gasteiger partial charge in [0.1, 0.15) is 0 Å². The molecular weight excluding hydrogens is 319 g/mol. The standard InChI is InChI=1S/C13H14BrClO3/c1-2-18-13(17)6-9-3-4-12(14)10(5-9)7-11(16)8-15/h3-5H,2,6-8H2,1H3. The molecule has 5 heteroatoms. The molecule has 0 atom stereocenters. The number of carbonyl (C=O) groups excluding carboxylic acids is 2. The summed E-state index contributed by atoms with van der Waals surface area (Å²) in [7, 11) is 0. The zero-order valence-corrected chi connectivity index (χ0v) is 12.4. The highest BCUT2D eigenvalue weighted by Gasteiger charge is 2.09. The predicted octanol–water partition coefficient (Wildman–Crippen LogP) is 2.91. The first-order valence-electron chi connectivity index (χ1n) is 5.57. The third kappa shape index (κ3) is 4.78. The highest BCUT2D eigenvalue weighted by atomic mass is 79.9. The summed E-state index contributed by atoms with van der Waals surface area (Å²) in [5.74, 6) is -0.325. The van der Waals surface area contributed by atoms with Crippen LogP contribution in [0.15, 0.2) is 22.7 Å². The molecule has 0 aliphatic heterocycles. The zero-order chi connectivity index (χ0) is 13.5. The van der Waals surface area contributed by atoms with Gasteiger partial charge in [-0.1, -0.05) is 28.1 Å². The Morgan fingerprint density at radius 2 is 2.06 bits per heavy atom. The van der Waals surface area contributed by atoms with Gasteiger partial charge in [-0.05, 0) is 24.1 Å². The molecule has 0 N–H and O–H groups in total. The summed E-state index contributed by atoms with van der Waals surface area (Å²) in [5.41, 5.74) is 1.66.